The van der Waals surface area contributed by atoms with Crippen molar-refractivity contribution >= 4 is 44.6 Å². The lowest BCUT2D eigenvalue weighted by Crippen LogP contribution is -2.43. The van der Waals surface area contributed by atoms with E-state index in [2.05, 4.69) is 35.6 Å². The van der Waals surface area contributed by atoms with Crippen LogP contribution in [0.5, 0.6) is 5.75 Å². The summed E-state index contributed by atoms with van der Waals surface area (Å²) in [5, 5.41) is 15.4. The maximum atomic E-state index is 12.1. The standard InChI is InChI=1S/C26H28N8O4S/c1-4-27-24(37)33-25-32-19-10-15(9-18(20(19)39-25)21-28-13-17(38-3)14-29-21)16-11-30-23(31-12-16)34-7-5-26(2,6-8-34)22(35)36/h9-14H,4-8H2,1-3H3,(H,35,36)(H2,27,32,33,37). The van der Waals surface area contributed by atoms with Crippen LogP contribution in [-0.4, -0.2) is 68.8 Å². The summed E-state index contributed by atoms with van der Waals surface area (Å²) in [6.07, 6.45) is 7.75. The van der Waals surface area contributed by atoms with Gasteiger partial charge in [-0.2, -0.15) is 0 Å². The Balaban J connectivity index is 1.48. The summed E-state index contributed by atoms with van der Waals surface area (Å²) in [5.74, 6) is 0.826. The number of thiazole rings is 1. The number of urea groups is 1. The fourth-order valence-electron chi connectivity index (χ4n) is 4.33. The van der Waals surface area contributed by atoms with Gasteiger partial charge in [-0.15, -0.1) is 0 Å². The van der Waals surface area contributed by atoms with Crippen LogP contribution < -0.4 is 20.3 Å². The van der Waals surface area contributed by atoms with Gasteiger partial charge in [-0.25, -0.2) is 29.7 Å². The molecule has 0 spiro atoms. The van der Waals surface area contributed by atoms with Crippen LogP contribution in [0.4, 0.5) is 15.9 Å². The molecule has 0 radical (unpaired) electrons. The van der Waals surface area contributed by atoms with Gasteiger partial charge in [0, 0.05) is 43.2 Å². The molecule has 39 heavy (non-hydrogen) atoms. The van der Waals surface area contributed by atoms with E-state index in [1.54, 1.807) is 38.8 Å². The zero-order chi connectivity index (χ0) is 27.6. The first-order valence-electron chi connectivity index (χ1n) is 12.5. The average Bonchev–Trinajstić information content (AvgIpc) is 3.35. The number of carboxylic acids is 1. The summed E-state index contributed by atoms with van der Waals surface area (Å²) in [5.41, 5.74) is 2.29. The maximum Gasteiger partial charge on any atom is 0.321 e. The molecule has 202 valence electrons. The van der Waals surface area contributed by atoms with Crippen molar-refractivity contribution in [3.8, 4) is 28.3 Å². The fraction of sp³-hybridized carbons (Fsp3) is 0.346. The van der Waals surface area contributed by atoms with Gasteiger partial charge in [-0.1, -0.05) is 11.3 Å². The molecular weight excluding hydrogens is 520 g/mol. The van der Waals surface area contributed by atoms with E-state index in [4.69, 9.17) is 4.74 Å². The number of rotatable bonds is 7. The average molecular weight is 549 g/mol. The van der Waals surface area contributed by atoms with Gasteiger partial charge in [0.2, 0.25) is 5.95 Å². The van der Waals surface area contributed by atoms with Crippen molar-refractivity contribution < 1.29 is 19.4 Å². The highest BCUT2D eigenvalue weighted by atomic mass is 32.1. The van der Waals surface area contributed by atoms with E-state index >= 15 is 0 Å². The van der Waals surface area contributed by atoms with Crippen molar-refractivity contribution in [2.24, 2.45) is 5.41 Å². The number of methoxy groups -OCH3 is 1. The van der Waals surface area contributed by atoms with Gasteiger partial charge in [0.25, 0.3) is 0 Å². The fourth-order valence-corrected chi connectivity index (χ4v) is 5.28. The summed E-state index contributed by atoms with van der Waals surface area (Å²) >= 11 is 1.34. The largest absolute Gasteiger partial charge is 0.494 e. The van der Waals surface area contributed by atoms with Crippen LogP contribution in [0.15, 0.2) is 36.9 Å². The number of aliphatic carboxylic acids is 1. The van der Waals surface area contributed by atoms with Crippen LogP contribution >= 0.6 is 11.3 Å². The number of benzene rings is 1. The van der Waals surface area contributed by atoms with Crippen LogP contribution in [0.2, 0.25) is 0 Å². The SMILES string of the molecule is CCNC(=O)Nc1nc2cc(-c3cnc(N4CCC(C)(C(=O)O)CC4)nc3)cc(-c3ncc(OC)cn3)c2s1. The van der Waals surface area contributed by atoms with Crippen LogP contribution in [0.3, 0.4) is 0 Å². The molecule has 4 heterocycles. The smallest absolute Gasteiger partial charge is 0.321 e. The number of ether oxygens (including phenoxy) is 1. The van der Waals surface area contributed by atoms with Gasteiger partial charge in [0.05, 0.1) is 35.1 Å². The van der Waals surface area contributed by atoms with Crippen molar-refractivity contribution in [3.63, 3.8) is 0 Å². The number of nitrogens with zero attached hydrogens (tertiary/aromatic N) is 6. The molecule has 13 heteroatoms. The van der Waals surface area contributed by atoms with Crippen LogP contribution in [-0.2, 0) is 4.79 Å². The number of carboxylic acid groups (broad SMARTS) is 1. The molecule has 0 bridgehead atoms. The van der Waals surface area contributed by atoms with E-state index in [-0.39, 0.29) is 6.03 Å². The quantitative estimate of drug-likeness (QED) is 0.308. The highest BCUT2D eigenvalue weighted by Gasteiger charge is 2.37. The van der Waals surface area contributed by atoms with E-state index in [1.165, 1.54) is 11.3 Å². The molecule has 0 unspecified atom stereocenters. The second-order valence-electron chi connectivity index (χ2n) is 9.45. The Morgan fingerprint density at radius 3 is 2.38 bits per heavy atom. The first kappa shape index (κ1) is 26.2. The minimum absolute atomic E-state index is 0.329. The molecule has 4 aromatic rings. The predicted octanol–water partition coefficient (Wildman–Crippen LogP) is 4.05. The Labute approximate surface area is 228 Å². The van der Waals surface area contributed by atoms with Gasteiger partial charge in [-0.05, 0) is 44.4 Å². The number of aromatic nitrogens is 5. The zero-order valence-electron chi connectivity index (χ0n) is 21.8. The summed E-state index contributed by atoms with van der Waals surface area (Å²) < 4.78 is 6.02. The summed E-state index contributed by atoms with van der Waals surface area (Å²) in [4.78, 5) is 48.4. The van der Waals surface area contributed by atoms with Crippen molar-refractivity contribution in [2.45, 2.75) is 26.7 Å². The van der Waals surface area contributed by atoms with Crippen molar-refractivity contribution in [1.29, 1.82) is 0 Å². The molecule has 1 aromatic carbocycles. The number of carbonyl (C=O) groups excluding carboxylic acids is 1. The van der Waals surface area contributed by atoms with Gasteiger partial charge in [0.15, 0.2) is 16.7 Å². The highest BCUT2D eigenvalue weighted by Crippen LogP contribution is 2.38. The van der Waals surface area contributed by atoms with Gasteiger partial charge >= 0.3 is 12.0 Å². The lowest BCUT2D eigenvalue weighted by atomic mass is 9.80. The number of anilines is 2. The van der Waals surface area contributed by atoms with E-state index in [0.29, 0.717) is 60.6 Å². The third-order valence-corrected chi connectivity index (χ3v) is 7.81. The molecule has 0 aliphatic carbocycles. The van der Waals surface area contributed by atoms with E-state index in [0.717, 1.165) is 21.4 Å². The second kappa shape index (κ2) is 10.8. The molecule has 1 aliphatic rings. The second-order valence-corrected chi connectivity index (χ2v) is 10.4. The number of piperidine rings is 1. The minimum atomic E-state index is -0.767. The van der Waals surface area contributed by atoms with Crippen LogP contribution in [0.25, 0.3) is 32.7 Å². The highest BCUT2D eigenvalue weighted by molar-refractivity contribution is 7.22. The Hall–Kier alpha value is -4.39. The Morgan fingerprint density at radius 1 is 1.08 bits per heavy atom. The van der Waals surface area contributed by atoms with Crippen molar-refractivity contribution in [3.05, 3.63) is 36.9 Å². The van der Waals surface area contributed by atoms with Gasteiger partial charge in [-0.3, -0.25) is 10.1 Å². The van der Waals surface area contributed by atoms with Crippen molar-refractivity contribution in [2.75, 3.05) is 37.0 Å². The van der Waals surface area contributed by atoms with Crippen LogP contribution in [0.1, 0.15) is 26.7 Å². The summed E-state index contributed by atoms with van der Waals surface area (Å²) in [6, 6.07) is 3.54. The molecule has 3 N–H and O–H groups in total. The number of amides is 2. The maximum absolute atomic E-state index is 12.1. The number of carbonyl (C=O) groups is 2. The normalized spacial score (nSPS) is 14.7. The zero-order valence-corrected chi connectivity index (χ0v) is 22.6. The third-order valence-electron chi connectivity index (χ3n) is 6.79. The lowest BCUT2D eigenvalue weighted by Gasteiger charge is -2.36. The minimum Gasteiger partial charge on any atom is -0.494 e. The molecule has 0 atom stereocenters. The Morgan fingerprint density at radius 2 is 1.77 bits per heavy atom. The molecule has 1 fully saturated rings. The van der Waals surface area contributed by atoms with Gasteiger partial charge < -0.3 is 20.1 Å². The first-order valence-corrected chi connectivity index (χ1v) is 13.3. The molecule has 2 amide bonds. The lowest BCUT2D eigenvalue weighted by molar-refractivity contribution is -0.149. The Kier molecular flexibility index (Phi) is 7.24. The molecular formula is C26H28N8O4S. The first-order chi connectivity index (χ1) is 18.8. The molecule has 5 rings (SSSR count). The summed E-state index contributed by atoms with van der Waals surface area (Å²) in [6.45, 7) is 5.28. The number of hydrogen-bond acceptors (Lipinski definition) is 10. The molecule has 12 nitrogen and oxygen atoms in total. The summed E-state index contributed by atoms with van der Waals surface area (Å²) in [7, 11) is 1.55. The number of hydrogen-bond donors (Lipinski definition) is 3. The molecule has 3 aromatic heterocycles. The molecule has 1 saturated heterocycles. The number of fused-ring (bicyclic) bond motifs is 1. The van der Waals surface area contributed by atoms with E-state index < -0.39 is 11.4 Å². The molecule has 1 aliphatic heterocycles. The Bertz CT molecular complexity index is 1500. The predicted molar refractivity (Wildman–Crippen MR) is 148 cm³/mol. The monoisotopic (exact) mass is 548 g/mol. The topological polar surface area (TPSA) is 155 Å². The van der Waals surface area contributed by atoms with E-state index in [9.17, 15) is 14.7 Å². The van der Waals surface area contributed by atoms with Crippen LogP contribution in [0, 0.1) is 5.41 Å². The number of nitrogens with one attached hydrogen (secondary N) is 2. The molecule has 0 saturated carbocycles. The third kappa shape index (κ3) is 5.43. The van der Waals surface area contributed by atoms with E-state index in [1.807, 2.05) is 24.0 Å². The van der Waals surface area contributed by atoms with Crippen molar-refractivity contribution in [1.82, 2.24) is 30.2 Å². The van der Waals surface area contributed by atoms with Gasteiger partial charge in [0.1, 0.15) is 0 Å².